The lowest BCUT2D eigenvalue weighted by Gasteiger charge is -2.37. The Morgan fingerprint density at radius 3 is 2.65 bits per heavy atom. The van der Waals surface area contributed by atoms with Gasteiger partial charge in [0.2, 0.25) is 0 Å². The fourth-order valence-electron chi connectivity index (χ4n) is 2.23. The third-order valence-corrected chi connectivity index (χ3v) is 3.48. The number of nitrogens with zero attached hydrogens (tertiary/aromatic N) is 3. The highest BCUT2D eigenvalue weighted by Crippen LogP contribution is 2.08. The van der Waals surface area contributed by atoms with Crippen LogP contribution in [-0.2, 0) is 6.54 Å². The fraction of sp³-hybridized carbons (Fsp3) is 0.615. The van der Waals surface area contributed by atoms with E-state index < -0.39 is 0 Å². The summed E-state index contributed by atoms with van der Waals surface area (Å²) in [6, 6.07) is 6.61. The van der Waals surface area contributed by atoms with Gasteiger partial charge in [0.05, 0.1) is 5.69 Å². The zero-order valence-electron chi connectivity index (χ0n) is 10.5. The molecule has 1 saturated heterocycles. The van der Waals surface area contributed by atoms with Crippen LogP contribution in [0.5, 0.6) is 0 Å². The normalized spacial score (nSPS) is 20.4. The van der Waals surface area contributed by atoms with Crippen LogP contribution in [0.3, 0.4) is 0 Å². The van der Waals surface area contributed by atoms with Crippen molar-refractivity contribution in [2.24, 2.45) is 5.73 Å². The molecule has 0 amide bonds. The molecule has 1 aromatic heterocycles. The summed E-state index contributed by atoms with van der Waals surface area (Å²) in [5, 5.41) is 0. The minimum absolute atomic E-state index is 0.506. The Morgan fingerprint density at radius 1 is 1.29 bits per heavy atom. The number of hydrogen-bond donors (Lipinski definition) is 1. The Balaban J connectivity index is 1.80. The van der Waals surface area contributed by atoms with E-state index >= 15 is 0 Å². The van der Waals surface area contributed by atoms with Gasteiger partial charge < -0.3 is 5.73 Å². The summed E-state index contributed by atoms with van der Waals surface area (Å²) in [7, 11) is 0. The molecular weight excluding hydrogens is 212 g/mol. The van der Waals surface area contributed by atoms with E-state index in [1.54, 1.807) is 0 Å². The quantitative estimate of drug-likeness (QED) is 0.826. The van der Waals surface area contributed by atoms with Gasteiger partial charge in [0.1, 0.15) is 0 Å². The van der Waals surface area contributed by atoms with Gasteiger partial charge in [0.25, 0.3) is 0 Å². The Hall–Kier alpha value is -0.970. The van der Waals surface area contributed by atoms with Gasteiger partial charge in [-0.05, 0) is 19.1 Å². The van der Waals surface area contributed by atoms with Gasteiger partial charge in [0, 0.05) is 51.5 Å². The molecule has 4 heteroatoms. The summed E-state index contributed by atoms with van der Waals surface area (Å²) in [5.74, 6) is 0. The molecule has 2 N–H and O–H groups in total. The van der Waals surface area contributed by atoms with Crippen molar-refractivity contribution in [2.75, 3.05) is 32.7 Å². The molecule has 0 aliphatic carbocycles. The molecule has 4 nitrogen and oxygen atoms in total. The van der Waals surface area contributed by atoms with E-state index in [0.717, 1.165) is 45.0 Å². The number of nitrogens with two attached hydrogens (primary N) is 1. The second kappa shape index (κ2) is 6.10. The maximum Gasteiger partial charge on any atom is 0.0543 e. The molecule has 0 aromatic carbocycles. The van der Waals surface area contributed by atoms with E-state index in [4.69, 9.17) is 5.73 Å². The topological polar surface area (TPSA) is 45.4 Å². The molecule has 1 aliphatic heterocycles. The minimum Gasteiger partial charge on any atom is -0.329 e. The zero-order valence-corrected chi connectivity index (χ0v) is 10.5. The van der Waals surface area contributed by atoms with Gasteiger partial charge in [-0.3, -0.25) is 14.8 Å². The van der Waals surface area contributed by atoms with Crippen molar-refractivity contribution >= 4 is 0 Å². The minimum atomic E-state index is 0.506. The van der Waals surface area contributed by atoms with Crippen LogP contribution in [0, 0.1) is 0 Å². The first kappa shape index (κ1) is 12.5. The molecule has 17 heavy (non-hydrogen) atoms. The highest BCUT2D eigenvalue weighted by molar-refractivity contribution is 5.03. The molecule has 0 spiro atoms. The van der Waals surface area contributed by atoms with Gasteiger partial charge in [0.15, 0.2) is 0 Å². The third kappa shape index (κ3) is 3.49. The van der Waals surface area contributed by atoms with Gasteiger partial charge in [-0.15, -0.1) is 0 Å². The fourth-order valence-corrected chi connectivity index (χ4v) is 2.23. The van der Waals surface area contributed by atoms with Crippen molar-refractivity contribution in [1.29, 1.82) is 0 Å². The largest absolute Gasteiger partial charge is 0.329 e. The van der Waals surface area contributed by atoms with Crippen LogP contribution in [-0.4, -0.2) is 53.5 Å². The summed E-state index contributed by atoms with van der Waals surface area (Å²) >= 11 is 0. The summed E-state index contributed by atoms with van der Waals surface area (Å²) < 4.78 is 0. The number of hydrogen-bond acceptors (Lipinski definition) is 4. The monoisotopic (exact) mass is 234 g/mol. The Kier molecular flexibility index (Phi) is 4.48. The lowest BCUT2D eigenvalue weighted by molar-refractivity contribution is 0.0997. The van der Waals surface area contributed by atoms with Crippen molar-refractivity contribution in [3.8, 4) is 0 Å². The van der Waals surface area contributed by atoms with Crippen LogP contribution >= 0.6 is 0 Å². The van der Waals surface area contributed by atoms with Crippen LogP contribution in [0.1, 0.15) is 12.6 Å². The van der Waals surface area contributed by atoms with E-state index in [9.17, 15) is 0 Å². The molecular formula is C13H22N4. The molecule has 0 radical (unpaired) electrons. The van der Waals surface area contributed by atoms with Gasteiger partial charge in [-0.1, -0.05) is 6.07 Å². The average Bonchev–Trinajstić information content (AvgIpc) is 2.40. The SMILES string of the molecule is CC(CN)N1CCN(Cc2ccccn2)CC1. The molecule has 1 aromatic rings. The van der Waals surface area contributed by atoms with Crippen molar-refractivity contribution in [1.82, 2.24) is 14.8 Å². The molecule has 1 atom stereocenters. The number of piperazine rings is 1. The van der Waals surface area contributed by atoms with Crippen molar-refractivity contribution in [2.45, 2.75) is 19.5 Å². The van der Waals surface area contributed by atoms with Crippen LogP contribution in [0.25, 0.3) is 0 Å². The molecule has 1 aliphatic rings. The summed E-state index contributed by atoms with van der Waals surface area (Å²) in [6.45, 7) is 8.37. The standard InChI is InChI=1S/C13H22N4/c1-12(10-14)17-8-6-16(7-9-17)11-13-4-2-3-5-15-13/h2-5,12H,6-11,14H2,1H3. The van der Waals surface area contributed by atoms with E-state index in [1.165, 1.54) is 0 Å². The lowest BCUT2D eigenvalue weighted by atomic mass is 10.2. The van der Waals surface area contributed by atoms with Gasteiger partial charge in [-0.2, -0.15) is 0 Å². The summed E-state index contributed by atoms with van der Waals surface area (Å²) in [4.78, 5) is 9.30. The maximum absolute atomic E-state index is 5.70. The molecule has 0 saturated carbocycles. The maximum atomic E-state index is 5.70. The molecule has 2 heterocycles. The van der Waals surface area contributed by atoms with Crippen LogP contribution in [0.4, 0.5) is 0 Å². The Labute approximate surface area is 103 Å². The highest BCUT2D eigenvalue weighted by atomic mass is 15.3. The lowest BCUT2D eigenvalue weighted by Crippen LogP contribution is -2.51. The average molecular weight is 234 g/mol. The molecule has 1 unspecified atom stereocenters. The van der Waals surface area contributed by atoms with Crippen molar-refractivity contribution in [3.63, 3.8) is 0 Å². The Morgan fingerprint density at radius 2 is 2.06 bits per heavy atom. The summed E-state index contributed by atoms with van der Waals surface area (Å²) in [6.07, 6.45) is 1.86. The first-order valence-electron chi connectivity index (χ1n) is 6.36. The molecule has 1 fully saturated rings. The smallest absolute Gasteiger partial charge is 0.0543 e. The number of aromatic nitrogens is 1. The van der Waals surface area contributed by atoms with Crippen LogP contribution in [0.15, 0.2) is 24.4 Å². The van der Waals surface area contributed by atoms with Crippen LogP contribution < -0.4 is 5.73 Å². The first-order chi connectivity index (χ1) is 8.29. The Bertz CT molecular complexity index is 319. The second-order valence-corrected chi connectivity index (χ2v) is 4.72. The molecule has 94 valence electrons. The predicted octanol–water partition coefficient (Wildman–Crippen LogP) is 0.546. The van der Waals surface area contributed by atoms with E-state index in [2.05, 4.69) is 33.8 Å². The van der Waals surface area contributed by atoms with Crippen molar-refractivity contribution in [3.05, 3.63) is 30.1 Å². The first-order valence-corrected chi connectivity index (χ1v) is 6.36. The highest BCUT2D eigenvalue weighted by Gasteiger charge is 2.20. The summed E-state index contributed by atoms with van der Waals surface area (Å²) in [5.41, 5.74) is 6.86. The van der Waals surface area contributed by atoms with Crippen LogP contribution in [0.2, 0.25) is 0 Å². The number of rotatable bonds is 4. The van der Waals surface area contributed by atoms with Gasteiger partial charge in [-0.25, -0.2) is 0 Å². The van der Waals surface area contributed by atoms with Gasteiger partial charge >= 0.3 is 0 Å². The third-order valence-electron chi connectivity index (χ3n) is 3.48. The van der Waals surface area contributed by atoms with Crippen molar-refractivity contribution < 1.29 is 0 Å². The van der Waals surface area contributed by atoms with E-state index in [-0.39, 0.29) is 0 Å². The zero-order chi connectivity index (χ0) is 12.1. The second-order valence-electron chi connectivity index (χ2n) is 4.72. The number of pyridine rings is 1. The van der Waals surface area contributed by atoms with E-state index in [1.807, 2.05) is 12.3 Å². The molecule has 0 bridgehead atoms. The van der Waals surface area contributed by atoms with E-state index in [0.29, 0.717) is 6.04 Å². The molecule has 2 rings (SSSR count). The predicted molar refractivity (Wildman–Crippen MR) is 69.6 cm³/mol.